The lowest BCUT2D eigenvalue weighted by molar-refractivity contribution is -0.117. The van der Waals surface area contributed by atoms with E-state index in [1.54, 1.807) is 0 Å². The highest BCUT2D eigenvalue weighted by Gasteiger charge is 2.35. The van der Waals surface area contributed by atoms with E-state index in [1.807, 2.05) is 12.3 Å². The summed E-state index contributed by atoms with van der Waals surface area (Å²) in [5.41, 5.74) is 2.28. The van der Waals surface area contributed by atoms with Crippen LogP contribution in [-0.4, -0.2) is 10.8 Å². The van der Waals surface area contributed by atoms with Gasteiger partial charge in [-0.05, 0) is 29.5 Å². The van der Waals surface area contributed by atoms with Crippen LogP contribution < -0.4 is 0 Å². The Bertz CT molecular complexity index is 590. The van der Waals surface area contributed by atoms with Gasteiger partial charge in [0, 0.05) is 24.4 Å². The number of fused-ring (bicyclic) bond motifs is 1. The Labute approximate surface area is 101 Å². The van der Waals surface area contributed by atoms with Crippen LogP contribution in [0.5, 0.6) is 0 Å². The van der Waals surface area contributed by atoms with Crippen LogP contribution >= 0.6 is 0 Å². The number of nitrogens with zero attached hydrogens (tertiary/aromatic N) is 1. The molecule has 1 aromatic carbocycles. The van der Waals surface area contributed by atoms with Crippen LogP contribution in [0, 0.1) is 0 Å². The van der Waals surface area contributed by atoms with Gasteiger partial charge in [-0.15, -0.1) is 0 Å². The van der Waals surface area contributed by atoms with Crippen LogP contribution in [0.15, 0.2) is 36.5 Å². The third kappa shape index (κ3) is 1.74. The van der Waals surface area contributed by atoms with Gasteiger partial charge in [0.1, 0.15) is 5.78 Å². The summed E-state index contributed by atoms with van der Waals surface area (Å²) in [5, 5.41) is 1.16. The lowest BCUT2D eigenvalue weighted by atomic mass is 9.80. The fraction of sp³-hybridized carbons (Fsp3) is 0.333. The van der Waals surface area contributed by atoms with Gasteiger partial charge in [-0.3, -0.25) is 9.78 Å². The number of ketones is 1. The third-order valence-corrected chi connectivity index (χ3v) is 3.85. The van der Waals surface area contributed by atoms with Gasteiger partial charge in [0.15, 0.2) is 0 Å². The molecule has 1 heterocycles. The molecule has 2 nitrogen and oxygen atoms in total. The van der Waals surface area contributed by atoms with E-state index in [0.717, 1.165) is 23.7 Å². The van der Waals surface area contributed by atoms with Crippen LogP contribution in [0.4, 0.5) is 0 Å². The molecule has 1 atom stereocenters. The second-order valence-corrected chi connectivity index (χ2v) is 5.19. The summed E-state index contributed by atoms with van der Waals surface area (Å²) in [7, 11) is 0. The van der Waals surface area contributed by atoms with Gasteiger partial charge >= 0.3 is 0 Å². The molecule has 86 valence electrons. The first-order valence-corrected chi connectivity index (χ1v) is 6.04. The largest absolute Gasteiger partial charge is 0.300 e. The van der Waals surface area contributed by atoms with Crippen molar-refractivity contribution in [2.24, 2.45) is 0 Å². The zero-order valence-electron chi connectivity index (χ0n) is 9.94. The van der Waals surface area contributed by atoms with E-state index in [4.69, 9.17) is 0 Å². The Hall–Kier alpha value is -1.70. The molecule has 3 rings (SSSR count). The normalized spacial score (nSPS) is 24.4. The summed E-state index contributed by atoms with van der Waals surface area (Å²) >= 11 is 0. The Kier molecular flexibility index (Phi) is 2.25. The van der Waals surface area contributed by atoms with Crippen LogP contribution in [-0.2, 0) is 10.2 Å². The predicted octanol–water partition coefficient (Wildman–Crippen LogP) is 3.25. The molecule has 2 aromatic rings. The molecule has 1 saturated carbocycles. The van der Waals surface area contributed by atoms with E-state index in [-0.39, 0.29) is 5.41 Å². The van der Waals surface area contributed by atoms with Crippen molar-refractivity contribution in [1.29, 1.82) is 0 Å². The first-order chi connectivity index (χ1) is 8.17. The summed E-state index contributed by atoms with van der Waals surface area (Å²) in [6, 6.07) is 10.4. The Balaban J connectivity index is 2.09. The van der Waals surface area contributed by atoms with E-state index >= 15 is 0 Å². The number of benzene rings is 1. The van der Waals surface area contributed by atoms with Gasteiger partial charge in [0.05, 0.1) is 5.52 Å². The lowest BCUT2D eigenvalue weighted by Gasteiger charge is -2.23. The van der Waals surface area contributed by atoms with Crippen LogP contribution in [0.1, 0.15) is 31.7 Å². The van der Waals surface area contributed by atoms with Crippen molar-refractivity contribution in [2.45, 2.75) is 31.6 Å². The fourth-order valence-corrected chi connectivity index (χ4v) is 2.72. The molecule has 17 heavy (non-hydrogen) atoms. The first-order valence-electron chi connectivity index (χ1n) is 6.04. The highest BCUT2D eigenvalue weighted by molar-refractivity contribution is 5.84. The average molecular weight is 225 g/mol. The van der Waals surface area contributed by atoms with E-state index < -0.39 is 0 Å². The summed E-state index contributed by atoms with van der Waals surface area (Å²) in [5.74, 6) is 0.383. The Morgan fingerprint density at radius 3 is 2.94 bits per heavy atom. The van der Waals surface area contributed by atoms with Gasteiger partial charge < -0.3 is 0 Å². The number of pyridine rings is 1. The monoisotopic (exact) mass is 225 g/mol. The number of carbonyl (C=O) groups is 1. The lowest BCUT2D eigenvalue weighted by Crippen LogP contribution is -2.17. The highest BCUT2D eigenvalue weighted by Crippen LogP contribution is 2.39. The summed E-state index contributed by atoms with van der Waals surface area (Å²) < 4.78 is 0. The quantitative estimate of drug-likeness (QED) is 0.745. The van der Waals surface area contributed by atoms with Crippen LogP contribution in [0.3, 0.4) is 0 Å². The molecule has 1 aliphatic carbocycles. The minimum atomic E-state index is 0.0167. The molecule has 1 aliphatic rings. The number of carbonyl (C=O) groups excluding carboxylic acids is 1. The van der Waals surface area contributed by atoms with E-state index in [2.05, 4.69) is 36.2 Å². The predicted molar refractivity (Wildman–Crippen MR) is 68.0 cm³/mol. The van der Waals surface area contributed by atoms with Crippen LogP contribution in [0.25, 0.3) is 10.9 Å². The molecule has 0 radical (unpaired) electrons. The Morgan fingerprint density at radius 1 is 1.29 bits per heavy atom. The minimum Gasteiger partial charge on any atom is -0.300 e. The topological polar surface area (TPSA) is 30.0 Å². The maximum Gasteiger partial charge on any atom is 0.133 e. The maximum atomic E-state index is 11.5. The van der Waals surface area contributed by atoms with E-state index in [0.29, 0.717) is 12.2 Å². The minimum absolute atomic E-state index is 0.0167. The molecule has 0 saturated heterocycles. The SMILES string of the molecule is CC1(c2ccc3cccnc3c2)CCC(=O)C1. The molecule has 2 heteroatoms. The van der Waals surface area contributed by atoms with Gasteiger partial charge in [0.25, 0.3) is 0 Å². The van der Waals surface area contributed by atoms with Gasteiger partial charge in [-0.25, -0.2) is 0 Å². The van der Waals surface area contributed by atoms with Gasteiger partial charge in [-0.2, -0.15) is 0 Å². The van der Waals surface area contributed by atoms with Crippen molar-refractivity contribution in [1.82, 2.24) is 4.98 Å². The van der Waals surface area contributed by atoms with Gasteiger partial charge in [0.2, 0.25) is 0 Å². The molecule has 0 amide bonds. The Morgan fingerprint density at radius 2 is 2.18 bits per heavy atom. The number of aromatic nitrogens is 1. The molecule has 1 fully saturated rings. The molecule has 0 N–H and O–H groups in total. The third-order valence-electron chi connectivity index (χ3n) is 3.85. The van der Waals surface area contributed by atoms with E-state index in [9.17, 15) is 4.79 Å². The molecule has 1 unspecified atom stereocenters. The summed E-state index contributed by atoms with van der Waals surface area (Å²) in [6.07, 6.45) is 4.17. The maximum absolute atomic E-state index is 11.5. The molecular formula is C15H15NO. The molecule has 1 aromatic heterocycles. The second-order valence-electron chi connectivity index (χ2n) is 5.19. The zero-order chi connectivity index (χ0) is 11.9. The van der Waals surface area contributed by atoms with Crippen molar-refractivity contribution >= 4 is 16.7 Å². The van der Waals surface area contributed by atoms with Gasteiger partial charge in [-0.1, -0.05) is 25.1 Å². The van der Waals surface area contributed by atoms with Crippen molar-refractivity contribution in [3.8, 4) is 0 Å². The summed E-state index contributed by atoms with van der Waals surface area (Å²) in [4.78, 5) is 15.9. The number of rotatable bonds is 1. The van der Waals surface area contributed by atoms with Crippen molar-refractivity contribution in [3.05, 3.63) is 42.1 Å². The smallest absolute Gasteiger partial charge is 0.133 e. The second kappa shape index (κ2) is 3.66. The van der Waals surface area contributed by atoms with Crippen LogP contribution in [0.2, 0.25) is 0 Å². The molecule has 0 aliphatic heterocycles. The summed E-state index contributed by atoms with van der Waals surface area (Å²) in [6.45, 7) is 2.18. The van der Waals surface area contributed by atoms with Crippen molar-refractivity contribution in [2.75, 3.05) is 0 Å². The highest BCUT2D eigenvalue weighted by atomic mass is 16.1. The fourth-order valence-electron chi connectivity index (χ4n) is 2.72. The molecule has 0 bridgehead atoms. The van der Waals surface area contributed by atoms with Crippen molar-refractivity contribution in [3.63, 3.8) is 0 Å². The number of hydrogen-bond acceptors (Lipinski definition) is 2. The first kappa shape index (κ1) is 10.5. The zero-order valence-corrected chi connectivity index (χ0v) is 9.94. The number of Topliss-reactive ketones (excluding diaryl/α,β-unsaturated/α-hetero) is 1. The van der Waals surface area contributed by atoms with E-state index in [1.165, 1.54) is 5.56 Å². The standard InChI is InChI=1S/C15H15NO/c1-15(7-6-13(17)10-15)12-5-4-11-3-2-8-16-14(11)9-12/h2-5,8-9H,6-7,10H2,1H3. The molecule has 0 spiro atoms. The average Bonchev–Trinajstić information content (AvgIpc) is 2.70. The number of hydrogen-bond donors (Lipinski definition) is 0. The van der Waals surface area contributed by atoms with Crippen molar-refractivity contribution < 1.29 is 4.79 Å². The molecular weight excluding hydrogens is 210 g/mol.